The van der Waals surface area contributed by atoms with Crippen molar-refractivity contribution in [2.45, 2.75) is 6.92 Å². The van der Waals surface area contributed by atoms with E-state index in [1.165, 1.54) is 0 Å². The molecule has 0 atom stereocenters. The minimum absolute atomic E-state index is 0.211. The highest BCUT2D eigenvalue weighted by Crippen LogP contribution is 2.09. The lowest BCUT2D eigenvalue weighted by Gasteiger charge is -2.34. The van der Waals surface area contributed by atoms with Crippen LogP contribution in [-0.2, 0) is 4.74 Å². The first-order chi connectivity index (χ1) is 8.79. The van der Waals surface area contributed by atoms with Crippen molar-refractivity contribution in [1.82, 2.24) is 9.91 Å². The summed E-state index contributed by atoms with van der Waals surface area (Å²) < 4.78 is 4.98. The van der Waals surface area contributed by atoms with Gasteiger partial charge >= 0.3 is 6.09 Å². The normalized spacial score (nSPS) is 16.4. The zero-order valence-corrected chi connectivity index (χ0v) is 10.6. The average Bonchev–Trinajstić information content (AvgIpc) is 2.41. The van der Waals surface area contributed by atoms with E-state index in [1.807, 2.05) is 37.3 Å². The molecule has 0 bridgehead atoms. The van der Waals surface area contributed by atoms with Crippen molar-refractivity contribution < 1.29 is 9.53 Å². The Kier molecular flexibility index (Phi) is 4.41. The number of para-hydroxylation sites is 1. The van der Waals surface area contributed by atoms with Crippen molar-refractivity contribution in [3.63, 3.8) is 0 Å². The van der Waals surface area contributed by atoms with E-state index in [2.05, 4.69) is 10.4 Å². The number of amides is 1. The first kappa shape index (κ1) is 12.7. The number of carbonyl (C=O) groups is 1. The van der Waals surface area contributed by atoms with Crippen LogP contribution in [0.5, 0.6) is 0 Å². The monoisotopic (exact) mass is 249 g/mol. The van der Waals surface area contributed by atoms with Gasteiger partial charge in [-0.05, 0) is 19.1 Å². The highest BCUT2D eigenvalue weighted by atomic mass is 16.6. The Balaban J connectivity index is 1.78. The number of nitrogens with one attached hydrogen (secondary N) is 1. The number of hydrogen-bond donors (Lipinski definition) is 1. The number of hydrogen-bond acceptors (Lipinski definition) is 4. The molecule has 0 radical (unpaired) electrons. The van der Waals surface area contributed by atoms with Gasteiger partial charge in [0.05, 0.1) is 6.61 Å². The Labute approximate surface area is 107 Å². The predicted octanol–water partition coefficient (Wildman–Crippen LogP) is 1.79. The molecule has 0 aromatic heterocycles. The fraction of sp³-hybridized carbons (Fsp3) is 0.462. The molecular formula is C13H19N3O2. The number of anilines is 1. The highest BCUT2D eigenvalue weighted by molar-refractivity contribution is 5.67. The molecule has 5 heteroatoms. The molecule has 1 aliphatic rings. The minimum Gasteiger partial charge on any atom is -0.450 e. The van der Waals surface area contributed by atoms with Crippen LogP contribution in [0.3, 0.4) is 0 Å². The standard InChI is InChI=1S/C13H19N3O2/c1-2-18-13(17)15-8-10-16(11-9-15)14-12-6-4-3-5-7-12/h3-7,14H,2,8-11H2,1H3. The van der Waals surface area contributed by atoms with Crippen LogP contribution in [-0.4, -0.2) is 48.8 Å². The third kappa shape index (κ3) is 3.37. The summed E-state index contributed by atoms with van der Waals surface area (Å²) in [6, 6.07) is 10.0. The van der Waals surface area contributed by atoms with Crippen LogP contribution in [0.4, 0.5) is 10.5 Å². The molecule has 1 N–H and O–H groups in total. The van der Waals surface area contributed by atoms with E-state index in [1.54, 1.807) is 4.90 Å². The number of hydrazine groups is 1. The first-order valence-corrected chi connectivity index (χ1v) is 6.28. The second kappa shape index (κ2) is 6.26. The molecule has 1 heterocycles. The maximum absolute atomic E-state index is 11.5. The minimum atomic E-state index is -0.211. The molecule has 98 valence electrons. The van der Waals surface area contributed by atoms with Gasteiger partial charge < -0.3 is 15.1 Å². The third-order valence-electron chi connectivity index (χ3n) is 2.87. The average molecular weight is 249 g/mol. The summed E-state index contributed by atoms with van der Waals surface area (Å²) in [6.07, 6.45) is -0.211. The number of ether oxygens (including phenoxy) is 1. The maximum Gasteiger partial charge on any atom is 0.409 e. The molecule has 1 aromatic rings. The summed E-state index contributed by atoms with van der Waals surface area (Å²) in [4.78, 5) is 13.3. The van der Waals surface area contributed by atoms with Gasteiger partial charge in [-0.25, -0.2) is 9.80 Å². The zero-order valence-electron chi connectivity index (χ0n) is 10.6. The summed E-state index contributed by atoms with van der Waals surface area (Å²) in [5.74, 6) is 0. The molecule has 0 aliphatic carbocycles. The number of carbonyl (C=O) groups excluding carboxylic acids is 1. The van der Waals surface area contributed by atoms with Crippen LogP contribution in [0.25, 0.3) is 0 Å². The van der Waals surface area contributed by atoms with Crippen LogP contribution >= 0.6 is 0 Å². The van der Waals surface area contributed by atoms with E-state index in [9.17, 15) is 4.79 Å². The van der Waals surface area contributed by atoms with E-state index in [0.717, 1.165) is 18.8 Å². The Morgan fingerprint density at radius 1 is 1.22 bits per heavy atom. The number of nitrogens with zero attached hydrogens (tertiary/aromatic N) is 2. The summed E-state index contributed by atoms with van der Waals surface area (Å²) in [6.45, 7) is 5.24. The Hall–Kier alpha value is -1.75. The van der Waals surface area contributed by atoms with Crippen molar-refractivity contribution in [1.29, 1.82) is 0 Å². The van der Waals surface area contributed by atoms with Gasteiger partial charge in [-0.1, -0.05) is 18.2 Å². The van der Waals surface area contributed by atoms with Gasteiger partial charge in [0.15, 0.2) is 0 Å². The second-order valence-corrected chi connectivity index (χ2v) is 4.15. The third-order valence-corrected chi connectivity index (χ3v) is 2.87. The zero-order chi connectivity index (χ0) is 12.8. The molecule has 1 fully saturated rings. The molecule has 5 nitrogen and oxygen atoms in total. The summed E-state index contributed by atoms with van der Waals surface area (Å²) in [5.41, 5.74) is 4.40. The fourth-order valence-electron chi connectivity index (χ4n) is 1.91. The number of rotatable bonds is 3. The molecule has 1 saturated heterocycles. The van der Waals surface area contributed by atoms with Crippen molar-refractivity contribution in [3.8, 4) is 0 Å². The molecular weight excluding hydrogens is 230 g/mol. The van der Waals surface area contributed by atoms with Crippen molar-refractivity contribution in [2.24, 2.45) is 0 Å². The number of benzene rings is 1. The van der Waals surface area contributed by atoms with Gasteiger partial charge in [0.2, 0.25) is 0 Å². The van der Waals surface area contributed by atoms with Crippen molar-refractivity contribution in [2.75, 3.05) is 38.2 Å². The first-order valence-electron chi connectivity index (χ1n) is 6.28. The van der Waals surface area contributed by atoms with Gasteiger partial charge in [0.1, 0.15) is 0 Å². The molecule has 1 aliphatic heterocycles. The topological polar surface area (TPSA) is 44.8 Å². The fourth-order valence-corrected chi connectivity index (χ4v) is 1.91. The van der Waals surface area contributed by atoms with Crippen molar-refractivity contribution in [3.05, 3.63) is 30.3 Å². The molecule has 1 amide bonds. The summed E-state index contributed by atoms with van der Waals surface area (Å²) in [5, 5.41) is 2.12. The molecule has 0 spiro atoms. The SMILES string of the molecule is CCOC(=O)N1CCN(Nc2ccccc2)CC1. The molecule has 0 saturated carbocycles. The van der Waals surface area contributed by atoms with Gasteiger partial charge in [0.25, 0.3) is 0 Å². The Bertz CT molecular complexity index is 375. The van der Waals surface area contributed by atoms with E-state index < -0.39 is 0 Å². The highest BCUT2D eigenvalue weighted by Gasteiger charge is 2.21. The summed E-state index contributed by atoms with van der Waals surface area (Å²) >= 11 is 0. The van der Waals surface area contributed by atoms with Crippen molar-refractivity contribution >= 4 is 11.8 Å². The van der Waals surface area contributed by atoms with E-state index in [-0.39, 0.29) is 6.09 Å². The van der Waals surface area contributed by atoms with E-state index in [4.69, 9.17) is 4.74 Å². The van der Waals surface area contributed by atoms with Crippen LogP contribution in [0, 0.1) is 0 Å². The molecule has 2 rings (SSSR count). The number of piperazine rings is 1. The van der Waals surface area contributed by atoms with Crippen LogP contribution < -0.4 is 5.43 Å². The second-order valence-electron chi connectivity index (χ2n) is 4.15. The van der Waals surface area contributed by atoms with Crippen LogP contribution in [0.15, 0.2) is 30.3 Å². The van der Waals surface area contributed by atoms with E-state index in [0.29, 0.717) is 19.7 Å². The smallest absolute Gasteiger partial charge is 0.409 e. The van der Waals surface area contributed by atoms with Gasteiger partial charge in [-0.2, -0.15) is 0 Å². The van der Waals surface area contributed by atoms with Gasteiger partial charge in [0, 0.05) is 31.9 Å². The molecule has 18 heavy (non-hydrogen) atoms. The predicted molar refractivity (Wildman–Crippen MR) is 70.2 cm³/mol. The largest absolute Gasteiger partial charge is 0.450 e. The van der Waals surface area contributed by atoms with Gasteiger partial charge in [-0.3, -0.25) is 0 Å². The van der Waals surface area contributed by atoms with Crippen LogP contribution in [0.1, 0.15) is 6.92 Å². The summed E-state index contributed by atoms with van der Waals surface area (Å²) in [7, 11) is 0. The molecule has 1 aromatic carbocycles. The lowest BCUT2D eigenvalue weighted by molar-refractivity contribution is 0.0853. The van der Waals surface area contributed by atoms with Crippen LogP contribution in [0.2, 0.25) is 0 Å². The lowest BCUT2D eigenvalue weighted by Crippen LogP contribution is -2.50. The quantitative estimate of drug-likeness (QED) is 0.887. The van der Waals surface area contributed by atoms with Gasteiger partial charge in [-0.15, -0.1) is 0 Å². The Morgan fingerprint density at radius 2 is 1.89 bits per heavy atom. The Morgan fingerprint density at radius 3 is 2.50 bits per heavy atom. The molecule has 0 unspecified atom stereocenters. The van der Waals surface area contributed by atoms with E-state index >= 15 is 0 Å². The lowest BCUT2D eigenvalue weighted by atomic mass is 10.3. The maximum atomic E-state index is 11.5.